The molecule has 0 amide bonds. The molecular formula is C15H23N. The molecule has 0 aliphatic carbocycles. The van der Waals surface area contributed by atoms with Gasteiger partial charge in [-0.05, 0) is 49.3 Å². The van der Waals surface area contributed by atoms with E-state index < -0.39 is 0 Å². The van der Waals surface area contributed by atoms with E-state index in [9.17, 15) is 0 Å². The van der Waals surface area contributed by atoms with Crippen molar-refractivity contribution in [3.63, 3.8) is 0 Å². The van der Waals surface area contributed by atoms with Crippen LogP contribution in [-0.2, 0) is 0 Å². The van der Waals surface area contributed by atoms with E-state index in [-0.39, 0.29) is 0 Å². The zero-order valence-electron chi connectivity index (χ0n) is 10.6. The predicted octanol–water partition coefficient (Wildman–Crippen LogP) is 4.19. The quantitative estimate of drug-likeness (QED) is 0.733. The zero-order valence-corrected chi connectivity index (χ0v) is 10.6. The lowest BCUT2D eigenvalue weighted by Gasteiger charge is -2.29. The van der Waals surface area contributed by atoms with Crippen molar-refractivity contribution >= 4 is 5.69 Å². The van der Waals surface area contributed by atoms with Gasteiger partial charge in [0.2, 0.25) is 0 Å². The van der Waals surface area contributed by atoms with Crippen LogP contribution in [0.1, 0.15) is 51.0 Å². The molecule has 1 aliphatic heterocycles. The van der Waals surface area contributed by atoms with Crippen LogP contribution in [0.15, 0.2) is 24.3 Å². The third-order valence-corrected chi connectivity index (χ3v) is 3.80. The topological polar surface area (TPSA) is 3.24 Å². The average Bonchev–Trinajstić information content (AvgIpc) is 2.39. The molecule has 1 aliphatic rings. The second kappa shape index (κ2) is 5.38. The summed E-state index contributed by atoms with van der Waals surface area (Å²) in [7, 11) is 0. The number of anilines is 1. The first-order valence-electron chi connectivity index (χ1n) is 6.66. The number of piperidine rings is 1. The molecule has 0 radical (unpaired) electrons. The Balaban J connectivity index is 2.06. The van der Waals surface area contributed by atoms with E-state index in [0.29, 0.717) is 5.92 Å². The molecule has 1 heterocycles. The normalized spacial score (nSPS) is 18.5. The van der Waals surface area contributed by atoms with Gasteiger partial charge in [-0.3, -0.25) is 0 Å². The lowest BCUT2D eigenvalue weighted by Crippen LogP contribution is -2.29. The number of hydrogen-bond acceptors (Lipinski definition) is 1. The molecule has 2 rings (SSSR count). The molecule has 0 saturated carbocycles. The van der Waals surface area contributed by atoms with Crippen molar-refractivity contribution in [2.75, 3.05) is 18.0 Å². The van der Waals surface area contributed by atoms with E-state index >= 15 is 0 Å². The maximum absolute atomic E-state index is 2.52. The summed E-state index contributed by atoms with van der Waals surface area (Å²) in [6.07, 6.45) is 5.34. The molecule has 0 N–H and O–H groups in total. The van der Waals surface area contributed by atoms with Gasteiger partial charge in [0.05, 0.1) is 0 Å². The van der Waals surface area contributed by atoms with Gasteiger partial charge in [-0.1, -0.05) is 26.0 Å². The molecule has 1 saturated heterocycles. The highest BCUT2D eigenvalue weighted by molar-refractivity contribution is 5.48. The summed E-state index contributed by atoms with van der Waals surface area (Å²) in [5, 5.41) is 0. The third-order valence-electron chi connectivity index (χ3n) is 3.80. The van der Waals surface area contributed by atoms with Gasteiger partial charge in [-0.15, -0.1) is 0 Å². The van der Waals surface area contributed by atoms with Crippen LogP contribution >= 0.6 is 0 Å². The Bertz CT molecular complexity index is 309. The fourth-order valence-corrected chi connectivity index (χ4v) is 2.40. The summed E-state index contributed by atoms with van der Waals surface area (Å²) < 4.78 is 0. The largest absolute Gasteiger partial charge is 0.372 e. The van der Waals surface area contributed by atoms with Crippen molar-refractivity contribution in [2.24, 2.45) is 0 Å². The van der Waals surface area contributed by atoms with Crippen molar-refractivity contribution < 1.29 is 0 Å². The molecular weight excluding hydrogens is 194 g/mol. The van der Waals surface area contributed by atoms with E-state index in [0.717, 1.165) is 0 Å². The summed E-state index contributed by atoms with van der Waals surface area (Å²) in [6, 6.07) is 9.20. The maximum Gasteiger partial charge on any atom is 0.0366 e. The van der Waals surface area contributed by atoms with Crippen molar-refractivity contribution in [2.45, 2.75) is 45.4 Å². The van der Waals surface area contributed by atoms with Gasteiger partial charge >= 0.3 is 0 Å². The molecule has 0 bridgehead atoms. The van der Waals surface area contributed by atoms with E-state index in [1.165, 1.54) is 50.0 Å². The standard InChI is InChI=1S/C15H23N/c1-3-13(2)14-7-9-15(10-8-14)16-11-5-4-6-12-16/h7-10,13H,3-6,11-12H2,1-2H3/t13-/m0/s1. The Morgan fingerprint density at radius 2 is 1.69 bits per heavy atom. The molecule has 0 spiro atoms. The van der Waals surface area contributed by atoms with Crippen LogP contribution in [0.5, 0.6) is 0 Å². The van der Waals surface area contributed by atoms with Crippen molar-refractivity contribution in [1.29, 1.82) is 0 Å². The lowest BCUT2D eigenvalue weighted by molar-refractivity contribution is 0.577. The van der Waals surface area contributed by atoms with Gasteiger partial charge in [-0.25, -0.2) is 0 Å². The Kier molecular flexibility index (Phi) is 3.87. The van der Waals surface area contributed by atoms with Crippen molar-refractivity contribution in [3.05, 3.63) is 29.8 Å². The summed E-state index contributed by atoms with van der Waals surface area (Å²) >= 11 is 0. The Labute approximate surface area is 99.5 Å². The van der Waals surface area contributed by atoms with Crippen LogP contribution in [0, 0.1) is 0 Å². The first-order valence-corrected chi connectivity index (χ1v) is 6.66. The second-order valence-corrected chi connectivity index (χ2v) is 4.95. The molecule has 1 aromatic carbocycles. The number of hydrogen-bond donors (Lipinski definition) is 0. The van der Waals surface area contributed by atoms with Gasteiger partial charge in [0, 0.05) is 18.8 Å². The van der Waals surface area contributed by atoms with E-state index in [4.69, 9.17) is 0 Å². The number of benzene rings is 1. The Morgan fingerprint density at radius 3 is 2.25 bits per heavy atom. The van der Waals surface area contributed by atoms with Gasteiger partial charge in [0.25, 0.3) is 0 Å². The van der Waals surface area contributed by atoms with Gasteiger partial charge in [0.15, 0.2) is 0 Å². The SMILES string of the molecule is CC[C@H](C)c1ccc(N2CCCCC2)cc1. The Hall–Kier alpha value is -0.980. The molecule has 0 aromatic heterocycles. The molecule has 88 valence electrons. The maximum atomic E-state index is 2.52. The highest BCUT2D eigenvalue weighted by atomic mass is 15.1. The number of rotatable bonds is 3. The second-order valence-electron chi connectivity index (χ2n) is 4.95. The molecule has 1 aromatic rings. The molecule has 1 nitrogen and oxygen atoms in total. The van der Waals surface area contributed by atoms with Crippen molar-refractivity contribution in [1.82, 2.24) is 0 Å². The van der Waals surface area contributed by atoms with Gasteiger partial charge in [0.1, 0.15) is 0 Å². The minimum atomic E-state index is 0.690. The molecule has 1 atom stereocenters. The molecule has 16 heavy (non-hydrogen) atoms. The summed E-state index contributed by atoms with van der Waals surface area (Å²) in [5.41, 5.74) is 2.88. The van der Waals surface area contributed by atoms with Crippen LogP contribution < -0.4 is 4.90 Å². The predicted molar refractivity (Wildman–Crippen MR) is 71.2 cm³/mol. The number of nitrogens with zero attached hydrogens (tertiary/aromatic N) is 1. The fraction of sp³-hybridized carbons (Fsp3) is 0.600. The highest BCUT2D eigenvalue weighted by Gasteiger charge is 2.11. The summed E-state index contributed by atoms with van der Waals surface area (Å²) in [6.45, 7) is 7.03. The van der Waals surface area contributed by atoms with E-state index in [2.05, 4.69) is 43.0 Å². The minimum Gasteiger partial charge on any atom is -0.372 e. The fourth-order valence-electron chi connectivity index (χ4n) is 2.40. The van der Waals surface area contributed by atoms with Crippen LogP contribution in [0.25, 0.3) is 0 Å². The lowest BCUT2D eigenvalue weighted by atomic mass is 9.98. The molecule has 1 heteroatoms. The third kappa shape index (κ3) is 2.58. The molecule has 0 unspecified atom stereocenters. The first kappa shape index (κ1) is 11.5. The van der Waals surface area contributed by atoms with Crippen LogP contribution in [-0.4, -0.2) is 13.1 Å². The van der Waals surface area contributed by atoms with Crippen LogP contribution in [0.4, 0.5) is 5.69 Å². The Morgan fingerprint density at radius 1 is 1.06 bits per heavy atom. The zero-order chi connectivity index (χ0) is 11.4. The average molecular weight is 217 g/mol. The smallest absolute Gasteiger partial charge is 0.0366 e. The van der Waals surface area contributed by atoms with E-state index in [1.807, 2.05) is 0 Å². The van der Waals surface area contributed by atoms with Crippen LogP contribution in [0.2, 0.25) is 0 Å². The highest BCUT2D eigenvalue weighted by Crippen LogP contribution is 2.24. The van der Waals surface area contributed by atoms with Crippen molar-refractivity contribution in [3.8, 4) is 0 Å². The minimum absolute atomic E-state index is 0.690. The van der Waals surface area contributed by atoms with Gasteiger partial charge < -0.3 is 4.90 Å². The van der Waals surface area contributed by atoms with E-state index in [1.54, 1.807) is 0 Å². The first-order chi connectivity index (χ1) is 7.81. The summed E-state index contributed by atoms with van der Waals surface area (Å²) in [5.74, 6) is 0.690. The molecule has 1 fully saturated rings. The van der Waals surface area contributed by atoms with Gasteiger partial charge in [-0.2, -0.15) is 0 Å². The van der Waals surface area contributed by atoms with Crippen LogP contribution in [0.3, 0.4) is 0 Å². The monoisotopic (exact) mass is 217 g/mol. The summed E-state index contributed by atoms with van der Waals surface area (Å²) in [4.78, 5) is 2.52.